The summed E-state index contributed by atoms with van der Waals surface area (Å²) in [4.78, 5) is 10.5. The Hall–Kier alpha value is -1.21. The molecule has 0 spiro atoms. The first-order chi connectivity index (χ1) is 12.4. The average molecular weight is 370 g/mol. The van der Waals surface area contributed by atoms with Crippen molar-refractivity contribution in [2.75, 3.05) is 0 Å². The van der Waals surface area contributed by atoms with E-state index in [0.29, 0.717) is 25.7 Å². The first-order valence-electron chi connectivity index (χ1n) is 9.68. The third-order valence-corrected chi connectivity index (χ3v) is 4.55. The van der Waals surface area contributed by atoms with Crippen molar-refractivity contribution in [3.05, 3.63) is 24.3 Å². The van der Waals surface area contributed by atoms with E-state index in [4.69, 9.17) is 9.84 Å². The van der Waals surface area contributed by atoms with Crippen LogP contribution >= 0.6 is 0 Å². The van der Waals surface area contributed by atoms with Gasteiger partial charge in [0.15, 0.2) is 0 Å². The number of carbonyl (C=O) groups is 1. The van der Waals surface area contributed by atoms with Gasteiger partial charge in [-0.15, -0.1) is 0 Å². The molecule has 0 saturated carbocycles. The summed E-state index contributed by atoms with van der Waals surface area (Å²) < 4.78 is 5.65. The molecular weight excluding hydrogens is 336 g/mol. The van der Waals surface area contributed by atoms with Gasteiger partial charge in [-0.3, -0.25) is 4.79 Å². The highest BCUT2D eigenvalue weighted by molar-refractivity contribution is 5.66. The van der Waals surface area contributed by atoms with Crippen LogP contribution in [0.15, 0.2) is 24.3 Å². The molecule has 1 aliphatic rings. The average Bonchev–Trinajstić information content (AvgIpc) is 2.96. The molecule has 0 aliphatic carbocycles. The van der Waals surface area contributed by atoms with Crippen LogP contribution in [0.3, 0.4) is 0 Å². The maximum Gasteiger partial charge on any atom is 0.303 e. The highest BCUT2D eigenvalue weighted by Crippen LogP contribution is 2.26. The molecule has 1 rings (SSSR count). The van der Waals surface area contributed by atoms with Gasteiger partial charge in [0.2, 0.25) is 0 Å². The van der Waals surface area contributed by atoms with Gasteiger partial charge in [-0.05, 0) is 32.1 Å². The number of hydrogen-bond acceptors (Lipinski definition) is 5. The number of carboxylic acids is 1. The SMILES string of the molecule is CCCCC/C=C\C[C@H](O)/C=C/[C@@H]1O[C@H]([C@@H](O)CCCC(=O)O)C[C@H]1O. The first kappa shape index (κ1) is 22.8. The van der Waals surface area contributed by atoms with Gasteiger partial charge < -0.3 is 25.2 Å². The largest absolute Gasteiger partial charge is 0.481 e. The molecule has 6 nitrogen and oxygen atoms in total. The van der Waals surface area contributed by atoms with Crippen LogP contribution in [0.5, 0.6) is 0 Å². The number of hydrogen-bond donors (Lipinski definition) is 4. The molecule has 5 atom stereocenters. The first-order valence-corrected chi connectivity index (χ1v) is 9.68. The monoisotopic (exact) mass is 370 g/mol. The van der Waals surface area contributed by atoms with Crippen LogP contribution in [0.1, 0.15) is 64.7 Å². The maximum absolute atomic E-state index is 10.5. The van der Waals surface area contributed by atoms with Crippen molar-refractivity contribution in [3.8, 4) is 0 Å². The highest BCUT2D eigenvalue weighted by Gasteiger charge is 2.36. The van der Waals surface area contributed by atoms with Crippen molar-refractivity contribution >= 4 is 5.97 Å². The molecule has 0 aromatic heterocycles. The number of allylic oxidation sites excluding steroid dienone is 1. The molecule has 0 amide bonds. The molecule has 26 heavy (non-hydrogen) atoms. The zero-order valence-corrected chi connectivity index (χ0v) is 15.7. The Labute approximate surface area is 156 Å². The number of unbranched alkanes of at least 4 members (excludes halogenated alkanes) is 3. The normalized spacial score (nSPS) is 25.9. The lowest BCUT2D eigenvalue weighted by Crippen LogP contribution is -2.26. The minimum absolute atomic E-state index is 0.00776. The fourth-order valence-electron chi connectivity index (χ4n) is 2.97. The van der Waals surface area contributed by atoms with Gasteiger partial charge in [0.25, 0.3) is 0 Å². The Morgan fingerprint density at radius 3 is 2.69 bits per heavy atom. The highest BCUT2D eigenvalue weighted by atomic mass is 16.5. The standard InChI is InChI=1S/C20H34O6/c1-2-3-4-5-6-7-9-15(21)12-13-18-17(23)14-19(26-18)16(22)10-8-11-20(24)25/h6-7,12-13,15-19,21-23H,2-5,8-11,14H2,1H3,(H,24,25)/b7-6-,13-12+/t15-,16-,17+,18-,19-/m0/s1. The van der Waals surface area contributed by atoms with Crippen molar-refractivity contribution in [3.63, 3.8) is 0 Å². The zero-order chi connectivity index (χ0) is 19.4. The van der Waals surface area contributed by atoms with Crippen molar-refractivity contribution in [2.24, 2.45) is 0 Å². The fourth-order valence-corrected chi connectivity index (χ4v) is 2.97. The fraction of sp³-hybridized carbons (Fsp3) is 0.750. The Kier molecular flexibility index (Phi) is 11.4. The third kappa shape index (κ3) is 9.48. The Balaban J connectivity index is 2.31. The topological polar surface area (TPSA) is 107 Å². The van der Waals surface area contributed by atoms with Crippen LogP contribution in [0.25, 0.3) is 0 Å². The molecule has 0 aromatic carbocycles. The van der Waals surface area contributed by atoms with Crippen molar-refractivity contribution in [2.45, 2.75) is 95.2 Å². The molecule has 1 aliphatic heterocycles. The Bertz CT molecular complexity index is 448. The second-order valence-electron chi connectivity index (χ2n) is 6.95. The Morgan fingerprint density at radius 2 is 2.00 bits per heavy atom. The number of ether oxygens (including phenoxy) is 1. The van der Waals surface area contributed by atoms with Crippen molar-refractivity contribution in [1.29, 1.82) is 0 Å². The molecule has 150 valence electrons. The summed E-state index contributed by atoms with van der Waals surface area (Å²) in [6.45, 7) is 2.16. The molecule has 1 saturated heterocycles. The van der Waals surface area contributed by atoms with Crippen LogP contribution in [0, 0.1) is 0 Å². The summed E-state index contributed by atoms with van der Waals surface area (Å²) in [6.07, 6.45) is 10.2. The van der Waals surface area contributed by atoms with Gasteiger partial charge >= 0.3 is 5.97 Å². The van der Waals surface area contributed by atoms with E-state index < -0.39 is 36.5 Å². The number of carboxylic acid groups (broad SMARTS) is 1. The van der Waals surface area contributed by atoms with E-state index in [9.17, 15) is 20.1 Å². The summed E-state index contributed by atoms with van der Waals surface area (Å²) in [5.41, 5.74) is 0. The van der Waals surface area contributed by atoms with E-state index in [0.717, 1.165) is 12.8 Å². The van der Waals surface area contributed by atoms with Crippen LogP contribution in [0.2, 0.25) is 0 Å². The lowest BCUT2D eigenvalue weighted by atomic mass is 10.0. The van der Waals surface area contributed by atoms with E-state index in [1.54, 1.807) is 12.2 Å². The third-order valence-electron chi connectivity index (χ3n) is 4.55. The summed E-state index contributed by atoms with van der Waals surface area (Å²) in [5, 5.41) is 38.7. The van der Waals surface area contributed by atoms with Gasteiger partial charge in [-0.2, -0.15) is 0 Å². The van der Waals surface area contributed by atoms with Gasteiger partial charge in [0, 0.05) is 12.8 Å². The van der Waals surface area contributed by atoms with Crippen LogP contribution < -0.4 is 0 Å². The van der Waals surface area contributed by atoms with Crippen molar-refractivity contribution in [1.82, 2.24) is 0 Å². The number of aliphatic hydroxyl groups excluding tert-OH is 3. The lowest BCUT2D eigenvalue weighted by molar-refractivity contribution is -0.137. The molecule has 1 heterocycles. The summed E-state index contributed by atoms with van der Waals surface area (Å²) in [5.74, 6) is -0.890. The molecule has 0 unspecified atom stereocenters. The van der Waals surface area contributed by atoms with E-state index >= 15 is 0 Å². The number of aliphatic hydroxyl groups is 3. The quantitative estimate of drug-likeness (QED) is 0.293. The Morgan fingerprint density at radius 1 is 1.23 bits per heavy atom. The van der Waals surface area contributed by atoms with Gasteiger partial charge in [0.05, 0.1) is 24.4 Å². The molecule has 0 radical (unpaired) electrons. The van der Waals surface area contributed by atoms with Crippen LogP contribution in [0.4, 0.5) is 0 Å². The maximum atomic E-state index is 10.5. The van der Waals surface area contributed by atoms with Gasteiger partial charge in [-0.25, -0.2) is 0 Å². The van der Waals surface area contributed by atoms with E-state index in [-0.39, 0.29) is 6.42 Å². The predicted molar refractivity (Wildman–Crippen MR) is 99.8 cm³/mol. The van der Waals surface area contributed by atoms with Crippen LogP contribution in [-0.4, -0.2) is 56.9 Å². The predicted octanol–water partition coefficient (Wildman–Crippen LogP) is 2.56. The summed E-state index contributed by atoms with van der Waals surface area (Å²) in [7, 11) is 0. The van der Waals surface area contributed by atoms with E-state index in [1.807, 2.05) is 6.08 Å². The molecule has 0 aromatic rings. The summed E-state index contributed by atoms with van der Waals surface area (Å²) >= 11 is 0. The van der Waals surface area contributed by atoms with E-state index in [2.05, 4.69) is 13.0 Å². The molecule has 4 N–H and O–H groups in total. The minimum atomic E-state index is -0.890. The van der Waals surface area contributed by atoms with Gasteiger partial charge in [-0.1, -0.05) is 44.1 Å². The van der Waals surface area contributed by atoms with Crippen molar-refractivity contribution < 1.29 is 30.0 Å². The van der Waals surface area contributed by atoms with Crippen LogP contribution in [-0.2, 0) is 9.53 Å². The zero-order valence-electron chi connectivity index (χ0n) is 15.7. The van der Waals surface area contributed by atoms with Gasteiger partial charge in [0.1, 0.15) is 6.10 Å². The second-order valence-corrected chi connectivity index (χ2v) is 6.95. The summed E-state index contributed by atoms with van der Waals surface area (Å²) in [6, 6.07) is 0. The smallest absolute Gasteiger partial charge is 0.303 e. The second kappa shape index (κ2) is 13.0. The molecular formula is C20H34O6. The molecule has 1 fully saturated rings. The number of rotatable bonds is 13. The number of aliphatic carboxylic acids is 1. The minimum Gasteiger partial charge on any atom is -0.481 e. The molecule has 0 bridgehead atoms. The molecule has 6 heteroatoms. The lowest BCUT2D eigenvalue weighted by Gasteiger charge is -2.17. The van der Waals surface area contributed by atoms with E-state index in [1.165, 1.54) is 12.8 Å².